The third-order valence-corrected chi connectivity index (χ3v) is 11.0. The molecule has 11 nitrogen and oxygen atoms in total. The Labute approximate surface area is 258 Å². The highest BCUT2D eigenvalue weighted by molar-refractivity contribution is 7.91. The van der Waals surface area contributed by atoms with Gasteiger partial charge in [0.2, 0.25) is 15.9 Å². The van der Waals surface area contributed by atoms with Gasteiger partial charge in [-0.1, -0.05) is 57.8 Å². The number of Topliss-reactive ketones (excluding diaryl/α,β-unsaturated/α-hetero) is 1. The summed E-state index contributed by atoms with van der Waals surface area (Å²) in [6.07, 6.45) is 1.23. The minimum atomic E-state index is -3.74. The highest BCUT2D eigenvalue weighted by Gasteiger charge is 2.60. The van der Waals surface area contributed by atoms with E-state index in [-0.39, 0.29) is 49.0 Å². The van der Waals surface area contributed by atoms with Crippen LogP contribution in [0, 0.1) is 11.3 Å². The van der Waals surface area contributed by atoms with E-state index in [1.807, 2.05) is 39.8 Å². The van der Waals surface area contributed by atoms with Gasteiger partial charge in [0, 0.05) is 24.4 Å². The van der Waals surface area contributed by atoms with Crippen LogP contribution < -0.4 is 10.0 Å². The van der Waals surface area contributed by atoms with E-state index >= 15 is 0 Å². The number of nitrogens with zero attached hydrogens (tertiary/aromatic N) is 2. The first kappa shape index (κ1) is 31.7. The number of ether oxygens (including phenoxy) is 1. The van der Waals surface area contributed by atoms with Crippen LogP contribution in [0.1, 0.15) is 77.3 Å². The van der Waals surface area contributed by atoms with Crippen molar-refractivity contribution >= 4 is 45.3 Å². The summed E-state index contributed by atoms with van der Waals surface area (Å²) >= 11 is 6.30. The first-order valence-corrected chi connectivity index (χ1v) is 16.9. The third-order valence-electron chi connectivity index (χ3n) is 8.87. The number of benzene rings is 1. The van der Waals surface area contributed by atoms with Gasteiger partial charge in [-0.05, 0) is 47.8 Å². The van der Waals surface area contributed by atoms with Crippen LogP contribution in [-0.2, 0) is 42.2 Å². The van der Waals surface area contributed by atoms with Crippen molar-refractivity contribution in [3.05, 3.63) is 34.3 Å². The predicted octanol–water partition coefficient (Wildman–Crippen LogP) is 3.13. The van der Waals surface area contributed by atoms with E-state index in [9.17, 15) is 27.6 Å². The maximum atomic E-state index is 13.6. The molecule has 0 spiro atoms. The van der Waals surface area contributed by atoms with E-state index in [0.29, 0.717) is 43.8 Å². The first-order chi connectivity index (χ1) is 20.1. The maximum absolute atomic E-state index is 13.6. The van der Waals surface area contributed by atoms with Gasteiger partial charge in [-0.2, -0.15) is 0 Å². The molecular weight excluding hydrogens is 596 g/mol. The van der Waals surface area contributed by atoms with Gasteiger partial charge in [0.25, 0.3) is 5.91 Å². The van der Waals surface area contributed by atoms with Crippen molar-refractivity contribution in [3.8, 4) is 0 Å². The number of sulfonamides is 1. The molecule has 236 valence electrons. The number of likely N-dealkylation sites (tertiary alicyclic amines) is 1. The summed E-state index contributed by atoms with van der Waals surface area (Å²) in [6, 6.07) is 4.68. The Morgan fingerprint density at radius 1 is 1.14 bits per heavy atom. The predicted molar refractivity (Wildman–Crippen MR) is 159 cm³/mol. The summed E-state index contributed by atoms with van der Waals surface area (Å²) in [5, 5.41) is 3.11. The molecule has 2 aliphatic heterocycles. The first-order valence-electron chi connectivity index (χ1n) is 15.0. The second-order valence-electron chi connectivity index (χ2n) is 13.6. The Bertz CT molecular complexity index is 1420. The van der Waals surface area contributed by atoms with E-state index in [1.54, 1.807) is 11.0 Å². The van der Waals surface area contributed by atoms with Gasteiger partial charge in [-0.25, -0.2) is 13.2 Å². The van der Waals surface area contributed by atoms with E-state index in [1.165, 1.54) is 4.90 Å². The summed E-state index contributed by atoms with van der Waals surface area (Å²) in [7, 11) is -3.74. The molecule has 0 aromatic heterocycles. The van der Waals surface area contributed by atoms with Gasteiger partial charge in [0.05, 0.1) is 30.9 Å². The van der Waals surface area contributed by atoms with Crippen LogP contribution in [0.3, 0.4) is 0 Å². The highest BCUT2D eigenvalue weighted by atomic mass is 35.5. The second kappa shape index (κ2) is 11.7. The average Bonchev–Trinajstić information content (AvgIpc) is 3.81. The fourth-order valence-electron chi connectivity index (χ4n) is 6.19. The Morgan fingerprint density at radius 2 is 1.86 bits per heavy atom. The second-order valence-corrected chi connectivity index (χ2v) is 15.9. The van der Waals surface area contributed by atoms with Crippen LogP contribution in [0.25, 0.3) is 0 Å². The Morgan fingerprint density at radius 3 is 2.47 bits per heavy atom. The van der Waals surface area contributed by atoms with Crippen molar-refractivity contribution in [2.75, 3.05) is 13.1 Å². The zero-order valence-electron chi connectivity index (χ0n) is 25.2. The van der Waals surface area contributed by atoms with Crippen molar-refractivity contribution in [2.45, 2.75) is 102 Å². The van der Waals surface area contributed by atoms with Gasteiger partial charge < -0.3 is 9.64 Å². The summed E-state index contributed by atoms with van der Waals surface area (Å²) in [4.78, 5) is 56.2. The number of hydrogen-bond acceptors (Lipinski definition) is 8. The summed E-state index contributed by atoms with van der Waals surface area (Å²) in [5.41, 5.74) is 0.353. The number of hydrogen-bond donors (Lipinski definition) is 2. The molecule has 1 aromatic rings. The molecule has 0 bridgehead atoms. The lowest BCUT2D eigenvalue weighted by Crippen LogP contribution is -2.53. The summed E-state index contributed by atoms with van der Waals surface area (Å²) < 4.78 is 32.9. The molecule has 2 saturated carbocycles. The number of carbonyl (C=O) groups excluding carboxylic acids is 4. The van der Waals surface area contributed by atoms with E-state index in [0.717, 1.165) is 11.1 Å². The van der Waals surface area contributed by atoms with E-state index < -0.39 is 45.0 Å². The van der Waals surface area contributed by atoms with Crippen LogP contribution in [0.2, 0.25) is 5.02 Å². The van der Waals surface area contributed by atoms with Crippen molar-refractivity contribution in [3.63, 3.8) is 0 Å². The highest BCUT2D eigenvalue weighted by Crippen LogP contribution is 2.46. The summed E-state index contributed by atoms with van der Waals surface area (Å²) in [6.45, 7) is 8.25. The number of halogens is 1. The fraction of sp³-hybridized carbons (Fsp3) is 0.667. The number of carbonyl (C=O) groups is 4. The number of ketones is 1. The molecule has 4 aliphatic rings. The van der Waals surface area contributed by atoms with Crippen LogP contribution in [0.4, 0.5) is 4.79 Å². The number of amides is 3. The van der Waals surface area contributed by atoms with E-state index in [4.69, 9.17) is 16.3 Å². The lowest BCUT2D eigenvalue weighted by Gasteiger charge is -2.28. The van der Waals surface area contributed by atoms with Gasteiger partial charge in [0.1, 0.15) is 11.6 Å². The molecule has 2 N–H and O–H groups in total. The molecule has 0 radical (unpaired) electrons. The van der Waals surface area contributed by atoms with Gasteiger partial charge in [0.15, 0.2) is 5.78 Å². The zero-order valence-corrected chi connectivity index (χ0v) is 26.7. The average molecular weight is 637 g/mol. The molecule has 1 aromatic carbocycles. The molecule has 3 fully saturated rings. The standard InChI is InChI=1S/C30H41ClN4O7S/c1-5-19-12-30(19,27(38)33-43(40,41)21-9-10-21)32-14-25(36)24-11-20(16-35(24)26(37)13-29(2,3)4)42-28(39)34-15-18-7-6-8-23(31)22(18)17-34/h6-8,19-21,24,32H,5,9-17H2,1-4H3,(H,33,38)/t19-,20-,24+,30-/m1/s1. The maximum Gasteiger partial charge on any atom is 0.410 e. The molecule has 13 heteroatoms. The van der Waals surface area contributed by atoms with Crippen LogP contribution in [-0.4, -0.2) is 77.9 Å². The van der Waals surface area contributed by atoms with Crippen molar-refractivity contribution in [2.24, 2.45) is 11.3 Å². The molecule has 4 atom stereocenters. The molecule has 43 heavy (non-hydrogen) atoms. The molecule has 2 heterocycles. The quantitative estimate of drug-likeness (QED) is 0.399. The van der Waals surface area contributed by atoms with Crippen LogP contribution in [0.15, 0.2) is 18.2 Å². The number of fused-ring (bicyclic) bond motifs is 1. The third kappa shape index (κ3) is 6.86. The summed E-state index contributed by atoms with van der Waals surface area (Å²) in [5.74, 6) is -1.28. The topological polar surface area (TPSA) is 142 Å². The Kier molecular flexibility index (Phi) is 8.60. The molecule has 3 amide bonds. The normalized spacial score (nSPS) is 26.7. The van der Waals surface area contributed by atoms with Crippen molar-refractivity contribution < 1.29 is 32.3 Å². The van der Waals surface area contributed by atoms with Crippen LogP contribution in [0.5, 0.6) is 0 Å². The zero-order chi connectivity index (χ0) is 31.3. The van der Waals surface area contributed by atoms with Gasteiger partial charge >= 0.3 is 6.09 Å². The number of rotatable bonds is 10. The Hall–Kier alpha value is -2.70. The minimum absolute atomic E-state index is 0.0848. The molecular formula is C30H41ClN4O7S. The minimum Gasteiger partial charge on any atom is -0.444 e. The Balaban J connectivity index is 1.25. The van der Waals surface area contributed by atoms with Gasteiger partial charge in [-0.15, -0.1) is 0 Å². The van der Waals surface area contributed by atoms with Crippen molar-refractivity contribution in [1.82, 2.24) is 19.8 Å². The lowest BCUT2D eigenvalue weighted by molar-refractivity contribution is -0.139. The van der Waals surface area contributed by atoms with Crippen LogP contribution >= 0.6 is 11.6 Å². The fourth-order valence-corrected chi connectivity index (χ4v) is 7.81. The monoisotopic (exact) mass is 636 g/mol. The SMILES string of the molecule is CC[C@@H]1C[C@]1(NCC(=O)[C@@H]1C[C@@H](OC(=O)N2Cc3cccc(Cl)c3C2)CN1C(=O)CC(C)(C)C)C(=O)NS(=O)(=O)C1CC1. The molecule has 5 rings (SSSR count). The van der Waals surface area contributed by atoms with Crippen molar-refractivity contribution in [1.29, 1.82) is 0 Å². The number of nitrogens with one attached hydrogen (secondary N) is 2. The molecule has 0 unspecified atom stereocenters. The molecule has 1 saturated heterocycles. The van der Waals surface area contributed by atoms with Gasteiger partial charge in [-0.3, -0.25) is 29.3 Å². The lowest BCUT2D eigenvalue weighted by atomic mass is 9.91. The largest absolute Gasteiger partial charge is 0.444 e. The smallest absolute Gasteiger partial charge is 0.410 e. The van der Waals surface area contributed by atoms with E-state index in [2.05, 4.69) is 10.0 Å². The molecule has 2 aliphatic carbocycles.